The highest BCUT2D eigenvalue weighted by molar-refractivity contribution is 5.75. The summed E-state index contributed by atoms with van der Waals surface area (Å²) in [6, 6.07) is 13.1. The largest absolute Gasteiger partial charge is 0.426 e. The van der Waals surface area contributed by atoms with Crippen molar-refractivity contribution in [1.29, 1.82) is 0 Å². The Bertz CT molecular complexity index is 535. The van der Waals surface area contributed by atoms with Crippen molar-refractivity contribution in [3.8, 4) is 17.0 Å². The summed E-state index contributed by atoms with van der Waals surface area (Å²) in [5.41, 5.74) is 1.80. The van der Waals surface area contributed by atoms with Gasteiger partial charge in [0.25, 0.3) is 0 Å². The number of hydrogen-bond donors (Lipinski definition) is 0. The van der Waals surface area contributed by atoms with Crippen LogP contribution in [0.15, 0.2) is 48.7 Å². The molecule has 2 rings (SSSR count). The van der Waals surface area contributed by atoms with E-state index in [0.29, 0.717) is 5.75 Å². The van der Waals surface area contributed by atoms with Crippen LogP contribution in [0.3, 0.4) is 0 Å². The first-order valence-corrected chi connectivity index (χ1v) is 5.90. The van der Waals surface area contributed by atoms with Crippen LogP contribution in [0.1, 0.15) is 13.8 Å². The van der Waals surface area contributed by atoms with Crippen molar-refractivity contribution in [3.63, 3.8) is 0 Å². The van der Waals surface area contributed by atoms with Crippen LogP contribution < -0.4 is 4.74 Å². The van der Waals surface area contributed by atoms with Gasteiger partial charge in [0.15, 0.2) is 0 Å². The second-order valence-corrected chi connectivity index (χ2v) is 4.32. The van der Waals surface area contributed by atoms with Crippen LogP contribution in [0.2, 0.25) is 0 Å². The summed E-state index contributed by atoms with van der Waals surface area (Å²) in [5.74, 6) is 0.188. The number of pyridine rings is 1. The van der Waals surface area contributed by atoms with Crippen molar-refractivity contribution < 1.29 is 9.53 Å². The fraction of sp³-hybridized carbons (Fsp3) is 0.200. The minimum atomic E-state index is -0.229. The Morgan fingerprint density at radius 1 is 1.17 bits per heavy atom. The molecule has 0 aliphatic carbocycles. The third kappa shape index (κ3) is 2.94. The molecule has 1 aromatic heterocycles. The fourth-order valence-electron chi connectivity index (χ4n) is 1.49. The van der Waals surface area contributed by atoms with Gasteiger partial charge in [0, 0.05) is 11.8 Å². The lowest BCUT2D eigenvalue weighted by atomic mass is 10.1. The molecule has 0 unspecified atom stereocenters. The zero-order chi connectivity index (χ0) is 13.0. The molecular formula is C15H15NO2. The second-order valence-electron chi connectivity index (χ2n) is 4.32. The standard InChI is InChI=1S/C15H15NO2/c1-11(2)15(17)18-13-7-5-6-12(10-13)14-8-3-4-9-16-14/h3-11H,1-2H3. The molecule has 2 aromatic rings. The van der Waals surface area contributed by atoms with E-state index in [-0.39, 0.29) is 11.9 Å². The summed E-state index contributed by atoms with van der Waals surface area (Å²) in [6.07, 6.45) is 1.74. The molecule has 0 saturated carbocycles. The third-order valence-corrected chi connectivity index (χ3v) is 2.48. The molecule has 0 fully saturated rings. The number of benzene rings is 1. The lowest BCUT2D eigenvalue weighted by Crippen LogP contribution is -2.14. The zero-order valence-corrected chi connectivity index (χ0v) is 10.5. The quantitative estimate of drug-likeness (QED) is 0.611. The van der Waals surface area contributed by atoms with Crippen LogP contribution in [0.4, 0.5) is 0 Å². The Hall–Kier alpha value is -2.16. The average Bonchev–Trinajstić information content (AvgIpc) is 2.40. The van der Waals surface area contributed by atoms with E-state index in [0.717, 1.165) is 11.3 Å². The number of carbonyl (C=O) groups is 1. The maximum atomic E-state index is 11.5. The highest BCUT2D eigenvalue weighted by Crippen LogP contribution is 2.22. The molecule has 0 N–H and O–H groups in total. The number of aromatic nitrogens is 1. The number of esters is 1. The smallest absolute Gasteiger partial charge is 0.313 e. The van der Waals surface area contributed by atoms with E-state index in [1.165, 1.54) is 0 Å². The van der Waals surface area contributed by atoms with Gasteiger partial charge >= 0.3 is 5.97 Å². The lowest BCUT2D eigenvalue weighted by Gasteiger charge is -2.08. The Morgan fingerprint density at radius 2 is 2.00 bits per heavy atom. The van der Waals surface area contributed by atoms with Crippen LogP contribution in [0.25, 0.3) is 11.3 Å². The third-order valence-electron chi connectivity index (χ3n) is 2.48. The second kappa shape index (κ2) is 5.45. The predicted octanol–water partition coefficient (Wildman–Crippen LogP) is 3.31. The monoisotopic (exact) mass is 241 g/mol. The number of rotatable bonds is 3. The van der Waals surface area contributed by atoms with Gasteiger partial charge in [0.1, 0.15) is 5.75 Å². The Morgan fingerprint density at radius 3 is 2.67 bits per heavy atom. The highest BCUT2D eigenvalue weighted by Gasteiger charge is 2.10. The molecular weight excluding hydrogens is 226 g/mol. The molecule has 1 aromatic carbocycles. The van der Waals surface area contributed by atoms with E-state index in [4.69, 9.17) is 4.74 Å². The zero-order valence-electron chi connectivity index (χ0n) is 10.5. The average molecular weight is 241 g/mol. The van der Waals surface area contributed by atoms with Crippen molar-refractivity contribution in [3.05, 3.63) is 48.7 Å². The van der Waals surface area contributed by atoms with Crippen LogP contribution in [-0.2, 0) is 4.79 Å². The first-order valence-electron chi connectivity index (χ1n) is 5.90. The minimum absolute atomic E-state index is 0.136. The number of hydrogen-bond acceptors (Lipinski definition) is 3. The van der Waals surface area contributed by atoms with Crippen LogP contribution in [0, 0.1) is 5.92 Å². The van der Waals surface area contributed by atoms with Gasteiger partial charge in [-0.25, -0.2) is 0 Å². The first-order chi connectivity index (χ1) is 8.66. The van der Waals surface area contributed by atoms with Gasteiger partial charge in [0.05, 0.1) is 11.6 Å². The molecule has 0 aliphatic heterocycles. The van der Waals surface area contributed by atoms with Gasteiger partial charge in [-0.3, -0.25) is 9.78 Å². The van der Waals surface area contributed by atoms with Gasteiger partial charge < -0.3 is 4.74 Å². The molecule has 92 valence electrons. The molecule has 0 spiro atoms. The summed E-state index contributed by atoms with van der Waals surface area (Å²) in [6.45, 7) is 3.62. The Balaban J connectivity index is 2.23. The number of ether oxygens (including phenoxy) is 1. The SMILES string of the molecule is CC(C)C(=O)Oc1cccc(-c2ccccn2)c1. The predicted molar refractivity (Wildman–Crippen MR) is 70.1 cm³/mol. The van der Waals surface area contributed by atoms with Crippen molar-refractivity contribution >= 4 is 5.97 Å². The van der Waals surface area contributed by atoms with E-state index in [1.54, 1.807) is 12.3 Å². The fourth-order valence-corrected chi connectivity index (χ4v) is 1.49. The van der Waals surface area contributed by atoms with E-state index < -0.39 is 0 Å². The maximum Gasteiger partial charge on any atom is 0.313 e. The Kier molecular flexibility index (Phi) is 3.72. The van der Waals surface area contributed by atoms with Crippen LogP contribution in [-0.4, -0.2) is 11.0 Å². The lowest BCUT2D eigenvalue weighted by molar-refractivity contribution is -0.137. The Labute approximate surface area is 106 Å². The van der Waals surface area contributed by atoms with E-state index in [9.17, 15) is 4.79 Å². The van der Waals surface area contributed by atoms with E-state index >= 15 is 0 Å². The molecule has 0 saturated heterocycles. The molecule has 0 bridgehead atoms. The molecule has 0 radical (unpaired) electrons. The molecule has 0 atom stereocenters. The van der Waals surface area contributed by atoms with Gasteiger partial charge in [0.2, 0.25) is 0 Å². The van der Waals surface area contributed by atoms with Gasteiger partial charge in [-0.2, -0.15) is 0 Å². The molecule has 3 nitrogen and oxygen atoms in total. The minimum Gasteiger partial charge on any atom is -0.426 e. The van der Waals surface area contributed by atoms with Crippen LogP contribution in [0.5, 0.6) is 5.75 Å². The maximum absolute atomic E-state index is 11.5. The van der Waals surface area contributed by atoms with Crippen molar-refractivity contribution in [1.82, 2.24) is 4.98 Å². The number of nitrogens with zero attached hydrogens (tertiary/aromatic N) is 1. The van der Waals surface area contributed by atoms with Crippen molar-refractivity contribution in [2.45, 2.75) is 13.8 Å². The van der Waals surface area contributed by atoms with Gasteiger partial charge in [-0.1, -0.05) is 32.0 Å². The van der Waals surface area contributed by atoms with Crippen molar-refractivity contribution in [2.24, 2.45) is 5.92 Å². The summed E-state index contributed by atoms with van der Waals surface area (Å²) < 4.78 is 5.27. The van der Waals surface area contributed by atoms with Gasteiger partial charge in [-0.05, 0) is 24.3 Å². The van der Waals surface area contributed by atoms with Gasteiger partial charge in [-0.15, -0.1) is 0 Å². The molecule has 3 heteroatoms. The topological polar surface area (TPSA) is 39.2 Å². The normalized spacial score (nSPS) is 10.4. The molecule has 1 heterocycles. The summed E-state index contributed by atoms with van der Waals surface area (Å²) in [4.78, 5) is 15.8. The summed E-state index contributed by atoms with van der Waals surface area (Å²) >= 11 is 0. The number of carbonyl (C=O) groups excluding carboxylic acids is 1. The summed E-state index contributed by atoms with van der Waals surface area (Å²) in [5, 5.41) is 0. The van der Waals surface area contributed by atoms with Crippen molar-refractivity contribution in [2.75, 3.05) is 0 Å². The molecule has 18 heavy (non-hydrogen) atoms. The molecule has 0 aliphatic rings. The first kappa shape index (κ1) is 12.3. The summed E-state index contributed by atoms with van der Waals surface area (Å²) in [7, 11) is 0. The van der Waals surface area contributed by atoms with Crippen LogP contribution >= 0.6 is 0 Å². The molecule has 0 amide bonds. The van der Waals surface area contributed by atoms with E-state index in [2.05, 4.69) is 4.98 Å². The highest BCUT2D eigenvalue weighted by atomic mass is 16.5. The van der Waals surface area contributed by atoms with E-state index in [1.807, 2.05) is 50.2 Å².